The summed E-state index contributed by atoms with van der Waals surface area (Å²) in [6.45, 7) is 7.53. The van der Waals surface area contributed by atoms with Gasteiger partial charge in [0.1, 0.15) is 0 Å². The lowest BCUT2D eigenvalue weighted by molar-refractivity contribution is -0.121. The third-order valence-corrected chi connectivity index (χ3v) is 3.86. The molecular weight excluding hydrogens is 250 g/mol. The maximum atomic E-state index is 12.1. The van der Waals surface area contributed by atoms with Crippen molar-refractivity contribution in [1.29, 1.82) is 5.26 Å². The summed E-state index contributed by atoms with van der Waals surface area (Å²) in [5.41, 5.74) is 6.31. The molecule has 0 aromatic heterocycles. The van der Waals surface area contributed by atoms with Crippen LogP contribution in [0.1, 0.15) is 46.1 Å². The zero-order valence-electron chi connectivity index (χ0n) is 12.7. The number of anilines is 1. The molecule has 1 rings (SSSR count). The molecule has 108 valence electrons. The molecule has 0 aliphatic rings. The van der Waals surface area contributed by atoms with Crippen LogP contribution in [0.4, 0.5) is 5.69 Å². The van der Waals surface area contributed by atoms with Gasteiger partial charge in [-0.1, -0.05) is 26.0 Å². The molecule has 4 heteroatoms. The van der Waals surface area contributed by atoms with Crippen molar-refractivity contribution in [2.75, 3.05) is 5.32 Å². The van der Waals surface area contributed by atoms with Crippen molar-refractivity contribution in [3.8, 4) is 6.07 Å². The molecule has 4 nitrogen and oxygen atoms in total. The minimum Gasteiger partial charge on any atom is -0.324 e. The average molecular weight is 273 g/mol. The summed E-state index contributed by atoms with van der Waals surface area (Å²) >= 11 is 0. The average Bonchev–Trinajstić information content (AvgIpc) is 2.46. The van der Waals surface area contributed by atoms with Crippen molar-refractivity contribution < 1.29 is 4.79 Å². The maximum absolute atomic E-state index is 12.1. The number of nitriles is 1. The summed E-state index contributed by atoms with van der Waals surface area (Å²) in [5, 5.41) is 11.9. The summed E-state index contributed by atoms with van der Waals surface area (Å²) in [7, 11) is 0. The van der Waals surface area contributed by atoms with Crippen molar-refractivity contribution in [2.45, 2.75) is 51.5 Å². The Morgan fingerprint density at radius 2 is 1.75 bits per heavy atom. The number of benzene rings is 1. The van der Waals surface area contributed by atoms with Gasteiger partial charge >= 0.3 is 0 Å². The predicted molar refractivity (Wildman–Crippen MR) is 81.2 cm³/mol. The normalized spacial score (nSPS) is 11.8. The Morgan fingerprint density at radius 3 is 2.15 bits per heavy atom. The van der Waals surface area contributed by atoms with E-state index < -0.39 is 11.0 Å². The highest BCUT2D eigenvalue weighted by Gasteiger charge is 2.29. The molecule has 1 aromatic carbocycles. The lowest BCUT2D eigenvalue weighted by atomic mass is 9.86. The highest BCUT2D eigenvalue weighted by molar-refractivity contribution is 5.97. The van der Waals surface area contributed by atoms with Crippen molar-refractivity contribution in [3.63, 3.8) is 0 Å². The fourth-order valence-electron chi connectivity index (χ4n) is 1.86. The first-order valence-electron chi connectivity index (χ1n) is 6.91. The molecule has 0 spiro atoms. The molecule has 0 unspecified atom stereocenters. The van der Waals surface area contributed by atoms with Crippen molar-refractivity contribution in [2.24, 2.45) is 5.73 Å². The number of nitrogens with one attached hydrogen (secondary N) is 1. The molecule has 0 saturated carbocycles. The summed E-state index contributed by atoms with van der Waals surface area (Å²) in [6.07, 6.45) is 1.18. The second-order valence-corrected chi connectivity index (χ2v) is 5.63. The van der Waals surface area contributed by atoms with E-state index in [9.17, 15) is 4.79 Å². The third-order valence-electron chi connectivity index (χ3n) is 3.86. The van der Waals surface area contributed by atoms with Crippen molar-refractivity contribution >= 4 is 11.6 Å². The van der Waals surface area contributed by atoms with Crippen LogP contribution in [0.3, 0.4) is 0 Å². The van der Waals surface area contributed by atoms with E-state index in [-0.39, 0.29) is 5.91 Å². The van der Waals surface area contributed by atoms with Crippen molar-refractivity contribution in [3.05, 3.63) is 29.8 Å². The van der Waals surface area contributed by atoms with Crippen LogP contribution in [0.25, 0.3) is 0 Å². The molecule has 0 aliphatic heterocycles. The van der Waals surface area contributed by atoms with E-state index >= 15 is 0 Å². The second kappa shape index (κ2) is 6.06. The van der Waals surface area contributed by atoms with Crippen LogP contribution in [-0.4, -0.2) is 11.4 Å². The van der Waals surface area contributed by atoms with Gasteiger partial charge in [0.15, 0.2) is 0 Å². The Kier molecular flexibility index (Phi) is 4.91. The Labute approximate surface area is 121 Å². The fraction of sp³-hybridized carbons (Fsp3) is 0.500. The van der Waals surface area contributed by atoms with Gasteiger partial charge in [0.2, 0.25) is 5.91 Å². The minimum atomic E-state index is -0.829. The summed E-state index contributed by atoms with van der Waals surface area (Å²) in [6, 6.07) is 9.57. The van der Waals surface area contributed by atoms with Gasteiger partial charge in [0.05, 0.1) is 17.0 Å². The van der Waals surface area contributed by atoms with Crippen LogP contribution >= 0.6 is 0 Å². The highest BCUT2D eigenvalue weighted by atomic mass is 16.2. The highest BCUT2D eigenvalue weighted by Crippen LogP contribution is 2.24. The molecule has 1 amide bonds. The van der Waals surface area contributed by atoms with E-state index in [1.165, 1.54) is 0 Å². The minimum absolute atomic E-state index is 0.171. The number of rotatable bonds is 5. The Balaban J connectivity index is 2.87. The lowest BCUT2D eigenvalue weighted by Gasteiger charge is -2.25. The molecule has 0 heterocycles. The molecular formula is C16H23N3O. The number of amides is 1. The number of carbonyl (C=O) groups excluding carboxylic acids is 1. The van der Waals surface area contributed by atoms with Gasteiger partial charge < -0.3 is 11.1 Å². The maximum Gasteiger partial charge on any atom is 0.244 e. The summed E-state index contributed by atoms with van der Waals surface area (Å²) in [4.78, 5) is 12.1. The largest absolute Gasteiger partial charge is 0.324 e. The quantitative estimate of drug-likeness (QED) is 0.865. The second-order valence-electron chi connectivity index (χ2n) is 5.63. The molecule has 0 saturated heterocycles. The number of nitrogens with zero attached hydrogens (tertiary/aromatic N) is 1. The zero-order chi connectivity index (χ0) is 15.4. The standard InChI is InChI=1S/C16H23N3O/c1-5-16(18,6-2)14(20)19-13-9-7-12(8-10-13)15(3,4)11-17/h7-10H,5-6,18H2,1-4H3,(H,19,20). The van der Waals surface area contributed by atoms with Gasteiger partial charge in [0.25, 0.3) is 0 Å². The van der Waals surface area contributed by atoms with Gasteiger partial charge in [-0.05, 0) is 44.4 Å². The monoisotopic (exact) mass is 273 g/mol. The Hall–Kier alpha value is -1.86. The number of carbonyl (C=O) groups is 1. The molecule has 3 N–H and O–H groups in total. The van der Waals surface area contributed by atoms with E-state index in [0.717, 1.165) is 5.56 Å². The zero-order valence-corrected chi connectivity index (χ0v) is 12.7. The molecule has 0 fully saturated rings. The fourth-order valence-corrected chi connectivity index (χ4v) is 1.86. The number of hydrogen-bond acceptors (Lipinski definition) is 3. The van der Waals surface area contributed by atoms with Crippen LogP contribution in [-0.2, 0) is 10.2 Å². The molecule has 20 heavy (non-hydrogen) atoms. The SMILES string of the molecule is CCC(N)(CC)C(=O)Nc1ccc(C(C)(C)C#N)cc1. The van der Waals surface area contributed by atoms with Gasteiger partial charge in [0, 0.05) is 5.69 Å². The van der Waals surface area contributed by atoms with Gasteiger partial charge in [-0.15, -0.1) is 0 Å². The van der Waals surface area contributed by atoms with Gasteiger partial charge in [-0.2, -0.15) is 5.26 Å². The smallest absolute Gasteiger partial charge is 0.244 e. The predicted octanol–water partition coefficient (Wildman–Crippen LogP) is 2.94. The first-order valence-corrected chi connectivity index (χ1v) is 6.91. The molecule has 0 aliphatic carbocycles. The number of nitrogens with two attached hydrogens (primary N) is 1. The molecule has 0 radical (unpaired) electrons. The van der Waals surface area contributed by atoms with Crippen LogP contribution < -0.4 is 11.1 Å². The van der Waals surface area contributed by atoms with E-state index in [4.69, 9.17) is 11.0 Å². The van der Waals surface area contributed by atoms with Crippen LogP contribution in [0.5, 0.6) is 0 Å². The molecule has 0 bridgehead atoms. The van der Waals surface area contributed by atoms with Crippen LogP contribution in [0.15, 0.2) is 24.3 Å². The first-order chi connectivity index (χ1) is 9.29. The summed E-state index contributed by atoms with van der Waals surface area (Å²) < 4.78 is 0. The number of hydrogen-bond donors (Lipinski definition) is 2. The van der Waals surface area contributed by atoms with Gasteiger partial charge in [-0.3, -0.25) is 4.79 Å². The molecule has 1 aromatic rings. The van der Waals surface area contributed by atoms with E-state index in [1.807, 2.05) is 39.8 Å². The van der Waals surface area contributed by atoms with Crippen molar-refractivity contribution in [1.82, 2.24) is 0 Å². The van der Waals surface area contributed by atoms with Crippen LogP contribution in [0, 0.1) is 11.3 Å². The van der Waals surface area contributed by atoms with E-state index in [0.29, 0.717) is 18.5 Å². The van der Waals surface area contributed by atoms with E-state index in [2.05, 4.69) is 11.4 Å². The van der Waals surface area contributed by atoms with Crippen LogP contribution in [0.2, 0.25) is 0 Å². The van der Waals surface area contributed by atoms with Gasteiger partial charge in [-0.25, -0.2) is 0 Å². The Bertz CT molecular complexity index is 508. The Morgan fingerprint density at radius 1 is 1.25 bits per heavy atom. The van der Waals surface area contributed by atoms with E-state index in [1.54, 1.807) is 12.1 Å². The third kappa shape index (κ3) is 3.37. The molecule has 0 atom stereocenters. The first kappa shape index (κ1) is 16.2. The summed E-state index contributed by atoms with van der Waals surface area (Å²) in [5.74, 6) is -0.171. The topological polar surface area (TPSA) is 78.9 Å². The lowest BCUT2D eigenvalue weighted by Crippen LogP contribution is -2.50.